The van der Waals surface area contributed by atoms with E-state index in [-0.39, 0.29) is 24.1 Å². The Labute approximate surface area is 155 Å². The Hall–Kier alpha value is -3.43. The van der Waals surface area contributed by atoms with E-state index in [2.05, 4.69) is 15.8 Å². The van der Waals surface area contributed by atoms with Crippen LogP contribution >= 0.6 is 0 Å². The van der Waals surface area contributed by atoms with E-state index in [1.807, 2.05) is 13.8 Å². The Balaban J connectivity index is 2.04. The first-order valence-electron chi connectivity index (χ1n) is 8.35. The number of non-ortho nitro benzene ring substituents is 1. The van der Waals surface area contributed by atoms with Gasteiger partial charge in [0.1, 0.15) is 12.3 Å². The number of hydrogen-bond donors (Lipinski definition) is 2. The second kappa shape index (κ2) is 8.79. The summed E-state index contributed by atoms with van der Waals surface area (Å²) in [6, 6.07) is 6.35. The van der Waals surface area contributed by atoms with Crippen LogP contribution in [0.25, 0.3) is 0 Å². The molecule has 1 aromatic heterocycles. The van der Waals surface area contributed by atoms with Crippen molar-refractivity contribution in [2.24, 2.45) is 0 Å². The van der Waals surface area contributed by atoms with Gasteiger partial charge in [0.05, 0.1) is 4.92 Å². The molecule has 0 bridgehead atoms. The molecule has 0 radical (unpaired) electrons. The summed E-state index contributed by atoms with van der Waals surface area (Å²) >= 11 is 0. The van der Waals surface area contributed by atoms with Gasteiger partial charge in [-0.25, -0.2) is 4.79 Å². The Morgan fingerprint density at radius 3 is 2.48 bits per heavy atom. The van der Waals surface area contributed by atoms with E-state index >= 15 is 0 Å². The van der Waals surface area contributed by atoms with Gasteiger partial charge in [-0.3, -0.25) is 14.9 Å². The van der Waals surface area contributed by atoms with Crippen molar-refractivity contribution in [3.63, 3.8) is 0 Å². The first-order chi connectivity index (χ1) is 12.8. The molecule has 10 nitrogen and oxygen atoms in total. The summed E-state index contributed by atoms with van der Waals surface area (Å²) in [6.07, 6.45) is 0.643. The lowest BCUT2D eigenvalue weighted by Crippen LogP contribution is -2.45. The quantitative estimate of drug-likeness (QED) is 0.564. The van der Waals surface area contributed by atoms with Crippen LogP contribution in [0.5, 0.6) is 0 Å². The van der Waals surface area contributed by atoms with E-state index in [1.165, 1.54) is 29.2 Å². The lowest BCUT2D eigenvalue weighted by Gasteiger charge is -2.28. The van der Waals surface area contributed by atoms with E-state index < -0.39 is 16.9 Å². The van der Waals surface area contributed by atoms with Crippen molar-refractivity contribution in [3.05, 3.63) is 46.2 Å². The number of carbonyl (C=O) groups is 2. The average molecular weight is 375 g/mol. The van der Waals surface area contributed by atoms with Gasteiger partial charge in [-0.05, 0) is 32.4 Å². The first kappa shape index (κ1) is 19.9. The van der Waals surface area contributed by atoms with Crippen molar-refractivity contribution in [1.82, 2.24) is 10.1 Å². The van der Waals surface area contributed by atoms with Crippen molar-refractivity contribution < 1.29 is 19.0 Å². The third-order valence-electron chi connectivity index (χ3n) is 3.92. The molecule has 0 spiro atoms. The molecular formula is C17H21N5O5. The van der Waals surface area contributed by atoms with Gasteiger partial charge in [0.15, 0.2) is 5.82 Å². The highest BCUT2D eigenvalue weighted by Crippen LogP contribution is 2.17. The van der Waals surface area contributed by atoms with E-state index in [4.69, 9.17) is 4.52 Å². The van der Waals surface area contributed by atoms with Gasteiger partial charge in [-0.15, -0.1) is 0 Å². The van der Waals surface area contributed by atoms with Gasteiger partial charge in [-0.1, -0.05) is 12.1 Å². The Kier molecular flexibility index (Phi) is 6.47. The highest BCUT2D eigenvalue weighted by atomic mass is 16.6. The molecule has 0 saturated heterocycles. The number of aromatic nitrogens is 1. The minimum Gasteiger partial charge on any atom is -0.360 e. The SMILES string of the molecule is CCC(C)N(CC(=O)Nc1cc(C)on1)C(=O)Nc1ccc([N+](=O)[O-])cc1. The highest BCUT2D eigenvalue weighted by Gasteiger charge is 2.22. The van der Waals surface area contributed by atoms with Gasteiger partial charge in [0.25, 0.3) is 5.69 Å². The minimum atomic E-state index is -0.521. The summed E-state index contributed by atoms with van der Waals surface area (Å²) in [4.78, 5) is 36.4. The maximum atomic E-state index is 12.6. The molecule has 0 fully saturated rings. The number of nitrogens with zero attached hydrogens (tertiary/aromatic N) is 3. The molecule has 1 aromatic carbocycles. The fourth-order valence-corrected chi connectivity index (χ4v) is 2.27. The van der Waals surface area contributed by atoms with Crippen LogP contribution in [-0.4, -0.2) is 39.5 Å². The standard InChI is InChI=1S/C17H21N5O5/c1-4-11(2)21(10-16(23)19-15-9-12(3)27-20-15)17(24)18-13-5-7-14(8-6-13)22(25)26/h5-9,11H,4,10H2,1-3H3,(H,18,24)(H,19,20,23). The molecular weight excluding hydrogens is 354 g/mol. The van der Waals surface area contributed by atoms with Gasteiger partial charge >= 0.3 is 6.03 Å². The number of nitro benzene ring substituents is 1. The van der Waals surface area contributed by atoms with Gasteiger partial charge in [-0.2, -0.15) is 0 Å². The average Bonchev–Trinajstić information content (AvgIpc) is 3.04. The largest absolute Gasteiger partial charge is 0.360 e. The normalized spacial score (nSPS) is 11.5. The lowest BCUT2D eigenvalue weighted by molar-refractivity contribution is -0.384. The smallest absolute Gasteiger partial charge is 0.322 e. The Bertz CT molecular complexity index is 817. The molecule has 144 valence electrons. The molecule has 3 amide bonds. The van der Waals surface area contributed by atoms with Crippen LogP contribution in [-0.2, 0) is 4.79 Å². The number of nitrogens with one attached hydrogen (secondary N) is 2. The maximum Gasteiger partial charge on any atom is 0.322 e. The zero-order valence-corrected chi connectivity index (χ0v) is 15.3. The second-order valence-corrected chi connectivity index (χ2v) is 5.99. The first-order valence-corrected chi connectivity index (χ1v) is 8.35. The summed E-state index contributed by atoms with van der Waals surface area (Å²) in [5, 5.41) is 19.6. The fourth-order valence-electron chi connectivity index (χ4n) is 2.27. The Morgan fingerprint density at radius 2 is 1.96 bits per heavy atom. The number of benzene rings is 1. The zero-order valence-electron chi connectivity index (χ0n) is 15.3. The topological polar surface area (TPSA) is 131 Å². The highest BCUT2D eigenvalue weighted by molar-refractivity contribution is 5.96. The van der Waals surface area contributed by atoms with Gasteiger partial charge in [0.2, 0.25) is 5.91 Å². The summed E-state index contributed by atoms with van der Waals surface area (Å²) in [7, 11) is 0. The third-order valence-corrected chi connectivity index (χ3v) is 3.92. The predicted octanol–water partition coefficient (Wildman–Crippen LogP) is 3.16. The van der Waals surface area contributed by atoms with E-state index in [9.17, 15) is 19.7 Å². The molecule has 2 aromatic rings. The van der Waals surface area contributed by atoms with Crippen LogP contribution < -0.4 is 10.6 Å². The zero-order chi connectivity index (χ0) is 20.0. The van der Waals surface area contributed by atoms with Crippen LogP contribution in [0.3, 0.4) is 0 Å². The number of urea groups is 1. The molecule has 1 unspecified atom stereocenters. The summed E-state index contributed by atoms with van der Waals surface area (Å²) < 4.78 is 4.89. The minimum absolute atomic E-state index is 0.0749. The molecule has 2 N–H and O–H groups in total. The molecule has 0 aliphatic rings. The molecule has 10 heteroatoms. The number of nitro groups is 1. The monoisotopic (exact) mass is 375 g/mol. The molecule has 1 heterocycles. The molecule has 0 aliphatic heterocycles. The van der Waals surface area contributed by atoms with E-state index in [1.54, 1.807) is 13.0 Å². The lowest BCUT2D eigenvalue weighted by atomic mass is 10.2. The summed E-state index contributed by atoms with van der Waals surface area (Å²) in [6.45, 7) is 5.24. The van der Waals surface area contributed by atoms with Crippen molar-refractivity contribution in [3.8, 4) is 0 Å². The molecule has 0 saturated carbocycles. The Morgan fingerprint density at radius 1 is 1.30 bits per heavy atom. The van der Waals surface area contributed by atoms with Crippen molar-refractivity contribution in [1.29, 1.82) is 0 Å². The van der Waals surface area contributed by atoms with Crippen LogP contribution in [0.1, 0.15) is 26.0 Å². The van der Waals surface area contributed by atoms with Crippen LogP contribution in [0.4, 0.5) is 22.0 Å². The number of carbonyl (C=O) groups excluding carboxylic acids is 2. The number of anilines is 2. The maximum absolute atomic E-state index is 12.6. The van der Waals surface area contributed by atoms with Crippen LogP contribution in [0.2, 0.25) is 0 Å². The molecule has 1 atom stereocenters. The molecule has 27 heavy (non-hydrogen) atoms. The number of aryl methyl sites for hydroxylation is 1. The van der Waals surface area contributed by atoms with E-state index in [0.717, 1.165) is 0 Å². The summed E-state index contributed by atoms with van der Waals surface area (Å²) in [5.41, 5.74) is 0.320. The third kappa shape index (κ3) is 5.53. The van der Waals surface area contributed by atoms with E-state index in [0.29, 0.717) is 17.9 Å². The number of rotatable bonds is 7. The van der Waals surface area contributed by atoms with Crippen molar-refractivity contribution >= 4 is 29.1 Å². The molecule has 0 aliphatic carbocycles. The van der Waals surface area contributed by atoms with Crippen LogP contribution in [0, 0.1) is 17.0 Å². The second-order valence-electron chi connectivity index (χ2n) is 5.99. The van der Waals surface area contributed by atoms with Crippen molar-refractivity contribution in [2.45, 2.75) is 33.2 Å². The number of amides is 3. The van der Waals surface area contributed by atoms with Gasteiger partial charge in [0, 0.05) is 29.9 Å². The van der Waals surface area contributed by atoms with Gasteiger partial charge < -0.3 is 20.1 Å². The van der Waals surface area contributed by atoms with Crippen molar-refractivity contribution in [2.75, 3.05) is 17.2 Å². The van der Waals surface area contributed by atoms with Crippen LogP contribution in [0.15, 0.2) is 34.9 Å². The number of hydrogen-bond acceptors (Lipinski definition) is 6. The molecule has 2 rings (SSSR count). The summed E-state index contributed by atoms with van der Waals surface area (Å²) in [5.74, 6) is 0.417. The fraction of sp³-hybridized carbons (Fsp3) is 0.353. The predicted molar refractivity (Wildman–Crippen MR) is 98.4 cm³/mol.